The van der Waals surface area contributed by atoms with Crippen LogP contribution in [0.2, 0.25) is 0 Å². The van der Waals surface area contributed by atoms with Crippen molar-refractivity contribution in [2.24, 2.45) is 29.6 Å². The van der Waals surface area contributed by atoms with E-state index in [1.165, 1.54) is 16.9 Å². The van der Waals surface area contributed by atoms with E-state index in [0.29, 0.717) is 31.8 Å². The Balaban J connectivity index is 1.48. The molecular weight excluding hydrogens is 827 g/mol. The van der Waals surface area contributed by atoms with Crippen LogP contribution in [0.4, 0.5) is 0 Å². The number of benzene rings is 1. The number of nitrogens with zero attached hydrogens (tertiary/aromatic N) is 4. The van der Waals surface area contributed by atoms with Crippen molar-refractivity contribution in [3.05, 3.63) is 75.9 Å². The van der Waals surface area contributed by atoms with Gasteiger partial charge in [-0.1, -0.05) is 104 Å². The van der Waals surface area contributed by atoms with Gasteiger partial charge in [-0.3, -0.25) is 24.1 Å². The van der Waals surface area contributed by atoms with Gasteiger partial charge in [-0.05, 0) is 68.0 Å². The van der Waals surface area contributed by atoms with Gasteiger partial charge in [0.2, 0.25) is 23.6 Å². The van der Waals surface area contributed by atoms with Gasteiger partial charge >= 0.3 is 0 Å². The first kappa shape index (κ1) is 52.5. The summed E-state index contributed by atoms with van der Waals surface area (Å²) < 4.78 is 12.2. The molecule has 4 rings (SSSR count). The first-order chi connectivity index (χ1) is 30.4. The zero-order valence-electron chi connectivity index (χ0n) is 40.9. The molecule has 3 N–H and O–H groups in total. The van der Waals surface area contributed by atoms with Gasteiger partial charge in [-0.15, -0.1) is 11.3 Å². The summed E-state index contributed by atoms with van der Waals surface area (Å²) in [5, 5.41) is 12.4. The van der Waals surface area contributed by atoms with Crippen molar-refractivity contribution >= 4 is 35.0 Å². The summed E-state index contributed by atoms with van der Waals surface area (Å²) in [6, 6.07) is 7.69. The molecule has 10 atom stereocenters. The quantitative estimate of drug-likeness (QED) is 0.106. The van der Waals surface area contributed by atoms with E-state index in [2.05, 4.69) is 58.8 Å². The second kappa shape index (κ2) is 25.0. The minimum atomic E-state index is -0.791. The van der Waals surface area contributed by atoms with Crippen molar-refractivity contribution in [1.29, 1.82) is 0 Å². The maximum absolute atomic E-state index is 14.7. The summed E-state index contributed by atoms with van der Waals surface area (Å²) in [7, 11) is 8.86. The monoisotopic (exact) mass is 906 g/mol. The fraction of sp³-hybridized carbons (Fsp3) is 0.660. The Morgan fingerprint density at radius 2 is 1.67 bits per heavy atom. The summed E-state index contributed by atoms with van der Waals surface area (Å²) in [4.78, 5) is 67.6. The number of carbonyl (C=O) groups is 4. The highest BCUT2D eigenvalue weighted by atomic mass is 32.1. The molecule has 2 aliphatic rings. The number of likely N-dealkylation sites (N-methyl/N-ethyl adjacent to an activating group) is 3. The molecule has 2 heterocycles. The van der Waals surface area contributed by atoms with E-state index in [1.807, 2.05) is 89.3 Å². The highest BCUT2D eigenvalue weighted by Crippen LogP contribution is 2.31. The summed E-state index contributed by atoms with van der Waals surface area (Å²) in [5.41, 5.74) is 3.42. The second-order valence-electron chi connectivity index (χ2n) is 18.9. The number of aromatic nitrogens is 1. The number of rotatable bonds is 24. The van der Waals surface area contributed by atoms with E-state index in [1.54, 1.807) is 32.4 Å². The molecule has 4 amide bonds. The lowest BCUT2D eigenvalue weighted by Gasteiger charge is -2.41. The third-order valence-electron chi connectivity index (χ3n) is 13.4. The van der Waals surface area contributed by atoms with Crippen LogP contribution < -0.4 is 16.0 Å². The van der Waals surface area contributed by atoms with Crippen molar-refractivity contribution in [1.82, 2.24) is 35.6 Å². The predicted molar refractivity (Wildman–Crippen MR) is 256 cm³/mol. The average molecular weight is 906 g/mol. The Bertz CT molecular complexity index is 1850. The molecule has 64 heavy (non-hydrogen) atoms. The van der Waals surface area contributed by atoms with Gasteiger partial charge in [0, 0.05) is 58.7 Å². The number of ether oxygens (including phenoxy) is 2. The molecule has 1 fully saturated rings. The highest BCUT2D eigenvalue weighted by Gasteiger charge is 2.43. The van der Waals surface area contributed by atoms with E-state index in [9.17, 15) is 19.2 Å². The number of hydrogen-bond donors (Lipinski definition) is 3. The molecule has 14 heteroatoms. The molecule has 13 nitrogen and oxygen atoms in total. The third kappa shape index (κ3) is 13.7. The zero-order chi connectivity index (χ0) is 47.2. The molecule has 2 aromatic rings. The lowest BCUT2D eigenvalue weighted by Crippen LogP contribution is -2.60. The number of likely N-dealkylation sites (tertiary alicyclic amines) is 1. The number of nitrogens with one attached hydrogen (secondary N) is 3. The summed E-state index contributed by atoms with van der Waals surface area (Å²) in [6.45, 7) is 17.3. The van der Waals surface area contributed by atoms with E-state index < -0.39 is 36.3 Å². The third-order valence-corrected chi connectivity index (χ3v) is 14.3. The molecule has 0 spiro atoms. The number of carbonyl (C=O) groups excluding carboxylic acids is 4. The summed E-state index contributed by atoms with van der Waals surface area (Å²) in [5.74, 6) is -1.09. The standard InChI is InChI=1S/C50H79N7O6S/c1-14-34(7)45(56(11)50(61)43(31(2)3)54-48(60)44(32(4)5)55(10)30-37-25-33(6)26-38(27-37)51-9)41(62-12)29-42(58)57-23-18-21-40(57)46(63-13)35(8)47(59)53-39(49-52-22-24-64-49)28-36-19-16-15-17-20-36/h15-17,19-20,22,24,26-27,31-35,39-41,43-46,51H,14,18,21,23,25,28-30H2,1-13H3,(H,53,59)(H,54,60)/t33?,34-,35+,39-,40-,41+,43-,44-,45-,46+/m0/s1. The smallest absolute Gasteiger partial charge is 0.245 e. The van der Waals surface area contributed by atoms with Crippen molar-refractivity contribution in [3.8, 4) is 0 Å². The Kier molecular flexibility index (Phi) is 20.5. The number of hydrogen-bond acceptors (Lipinski definition) is 10. The maximum atomic E-state index is 14.7. The van der Waals surface area contributed by atoms with Gasteiger partial charge < -0.3 is 35.2 Å². The van der Waals surface area contributed by atoms with E-state index in [4.69, 9.17) is 9.47 Å². The molecule has 1 unspecified atom stereocenters. The van der Waals surface area contributed by atoms with Gasteiger partial charge in [-0.2, -0.15) is 0 Å². The molecule has 1 aliphatic carbocycles. The van der Waals surface area contributed by atoms with Crippen LogP contribution in [0.5, 0.6) is 0 Å². The van der Waals surface area contributed by atoms with Gasteiger partial charge in [0.1, 0.15) is 11.0 Å². The Morgan fingerprint density at radius 1 is 0.969 bits per heavy atom. The van der Waals surface area contributed by atoms with Crippen molar-refractivity contribution in [3.63, 3.8) is 0 Å². The number of thiazole rings is 1. The summed E-state index contributed by atoms with van der Waals surface area (Å²) >= 11 is 1.51. The number of allylic oxidation sites excluding steroid dienone is 2. The van der Waals surface area contributed by atoms with Crippen LogP contribution in [0, 0.1) is 29.6 Å². The van der Waals surface area contributed by atoms with Crippen LogP contribution in [0.25, 0.3) is 0 Å². The largest absolute Gasteiger partial charge is 0.388 e. The molecule has 356 valence electrons. The molecule has 1 aromatic heterocycles. The van der Waals surface area contributed by atoms with Gasteiger partial charge in [0.25, 0.3) is 0 Å². The minimum Gasteiger partial charge on any atom is -0.388 e. The Labute approximate surface area is 388 Å². The van der Waals surface area contributed by atoms with Gasteiger partial charge in [0.05, 0.1) is 48.7 Å². The molecule has 0 bridgehead atoms. The fourth-order valence-corrected chi connectivity index (χ4v) is 10.5. The molecule has 0 radical (unpaired) electrons. The average Bonchev–Trinajstić information content (AvgIpc) is 3.99. The van der Waals surface area contributed by atoms with Crippen LogP contribution in [0.3, 0.4) is 0 Å². The maximum Gasteiger partial charge on any atom is 0.245 e. The van der Waals surface area contributed by atoms with E-state index >= 15 is 0 Å². The van der Waals surface area contributed by atoms with Crippen molar-refractivity contribution < 1.29 is 28.7 Å². The van der Waals surface area contributed by atoms with E-state index in [0.717, 1.165) is 35.5 Å². The number of amides is 4. The Morgan fingerprint density at radius 3 is 2.25 bits per heavy atom. The topological polar surface area (TPSA) is 145 Å². The molecule has 0 saturated carbocycles. The van der Waals surface area contributed by atoms with Crippen molar-refractivity contribution in [2.45, 2.75) is 136 Å². The predicted octanol–water partition coefficient (Wildman–Crippen LogP) is 6.63. The SMILES string of the molecule is CC[C@H](C)[C@@H]([C@@H](CC(=O)N1CCC[C@H]1[C@H](OC)[C@@H](C)C(=O)N[C@@H](Cc1ccccc1)c1nccs1)OC)N(C)C(=O)[C@@H](NC(=O)[C@H](C(C)C)N(C)CC1=CC(NC)=CC(C)C1)C(C)C. The lowest BCUT2D eigenvalue weighted by molar-refractivity contribution is -0.148. The zero-order valence-corrected chi connectivity index (χ0v) is 41.7. The van der Waals surface area contributed by atoms with Gasteiger partial charge in [-0.25, -0.2) is 4.98 Å². The van der Waals surface area contributed by atoms with E-state index in [-0.39, 0.29) is 59.9 Å². The normalized spacial score (nSPS) is 20.4. The van der Waals surface area contributed by atoms with Crippen molar-refractivity contribution in [2.75, 3.05) is 48.5 Å². The molecule has 1 aromatic carbocycles. The number of methoxy groups -OCH3 is 2. The van der Waals surface area contributed by atoms with Crippen LogP contribution in [0.15, 0.2) is 65.3 Å². The molecular formula is C50H79N7O6S. The first-order valence-corrected chi connectivity index (χ1v) is 24.3. The molecule has 1 aliphatic heterocycles. The van der Waals surface area contributed by atoms with Crippen LogP contribution in [0.1, 0.15) is 104 Å². The molecule has 1 saturated heterocycles. The first-order valence-electron chi connectivity index (χ1n) is 23.4. The lowest BCUT2D eigenvalue weighted by atomic mass is 9.89. The Hall–Kier alpha value is -4.11. The summed E-state index contributed by atoms with van der Waals surface area (Å²) in [6.07, 6.45) is 8.73. The van der Waals surface area contributed by atoms with Crippen LogP contribution >= 0.6 is 11.3 Å². The van der Waals surface area contributed by atoms with Crippen LogP contribution in [-0.2, 0) is 35.1 Å². The fourth-order valence-electron chi connectivity index (χ4n) is 9.84. The van der Waals surface area contributed by atoms with Crippen LogP contribution in [-0.4, -0.2) is 128 Å². The second-order valence-corrected chi connectivity index (χ2v) is 19.8. The van der Waals surface area contributed by atoms with Gasteiger partial charge in [0.15, 0.2) is 0 Å². The minimum absolute atomic E-state index is 0.00658. The highest BCUT2D eigenvalue weighted by molar-refractivity contribution is 7.09.